The number of carbonyl (C=O) groups excluding carboxylic acids is 1. The van der Waals surface area contributed by atoms with Crippen LogP contribution in [0.15, 0.2) is 30.3 Å². The van der Waals surface area contributed by atoms with E-state index in [0.29, 0.717) is 17.1 Å². The predicted molar refractivity (Wildman–Crippen MR) is 101 cm³/mol. The number of carbonyl (C=O) groups is 1. The van der Waals surface area contributed by atoms with E-state index in [9.17, 15) is 13.2 Å². The first-order valence-electron chi connectivity index (χ1n) is 8.48. The minimum Gasteiger partial charge on any atom is -0.302 e. The lowest BCUT2D eigenvalue weighted by Crippen LogP contribution is -2.51. The Bertz CT molecular complexity index is 728. The van der Waals surface area contributed by atoms with Crippen molar-refractivity contribution in [3.8, 4) is 0 Å². The second-order valence-electron chi connectivity index (χ2n) is 5.74. The first kappa shape index (κ1) is 19.8. The van der Waals surface area contributed by atoms with Crippen LogP contribution >= 0.6 is 12.2 Å². The largest absolute Gasteiger partial charge is 0.370 e. The third kappa shape index (κ3) is 3.30. The highest BCUT2D eigenvalue weighted by atomic mass is 32.2. The standard InChI is InChI=1S/C15H18N2O4S2.C2H6/c1-21-23(19,20)17-13(18)15(10-6-3-7-11-15)16(14(17)22)12-8-4-2-5-9-12;1-2/h2,4-5,8-9H,3,6-7,10-11H2,1H3;1-2H3. The maximum absolute atomic E-state index is 13.0. The molecule has 2 aliphatic rings. The highest BCUT2D eigenvalue weighted by Crippen LogP contribution is 2.44. The zero-order chi connectivity index (χ0) is 18.7. The highest BCUT2D eigenvalue weighted by Gasteiger charge is 2.59. The third-order valence-corrected chi connectivity index (χ3v) is 6.19. The zero-order valence-electron chi connectivity index (χ0n) is 14.8. The molecular weight excluding hydrogens is 360 g/mol. The van der Waals surface area contributed by atoms with Crippen molar-refractivity contribution in [3.05, 3.63) is 30.3 Å². The van der Waals surface area contributed by atoms with Gasteiger partial charge in [0.25, 0.3) is 5.91 Å². The molecule has 0 aromatic heterocycles. The Kier molecular flexibility index (Phi) is 6.18. The Morgan fingerprint density at radius 1 is 1.08 bits per heavy atom. The van der Waals surface area contributed by atoms with Crippen LogP contribution in [0, 0.1) is 0 Å². The third-order valence-electron chi connectivity index (χ3n) is 4.50. The van der Waals surface area contributed by atoms with Crippen molar-refractivity contribution in [2.75, 3.05) is 12.0 Å². The van der Waals surface area contributed by atoms with Crippen LogP contribution in [0.1, 0.15) is 46.0 Å². The minimum absolute atomic E-state index is 0.0371. The molecule has 8 heteroatoms. The SMILES string of the molecule is CC.COS(=O)(=O)N1C(=O)C2(CCCCC2)N(c2ccccc2)C1=S. The minimum atomic E-state index is -4.21. The monoisotopic (exact) mass is 384 g/mol. The second-order valence-corrected chi connectivity index (χ2v) is 7.66. The van der Waals surface area contributed by atoms with Crippen molar-refractivity contribution < 1.29 is 17.4 Å². The van der Waals surface area contributed by atoms with Gasteiger partial charge < -0.3 is 4.90 Å². The molecule has 1 heterocycles. The summed E-state index contributed by atoms with van der Waals surface area (Å²) in [6.07, 6.45) is 3.91. The number of benzene rings is 1. The molecule has 1 aromatic carbocycles. The Morgan fingerprint density at radius 2 is 1.64 bits per heavy atom. The van der Waals surface area contributed by atoms with Gasteiger partial charge in [-0.05, 0) is 37.2 Å². The van der Waals surface area contributed by atoms with Gasteiger partial charge in [0.15, 0.2) is 5.11 Å². The number of hydrogen-bond donors (Lipinski definition) is 0. The average Bonchev–Trinajstić information content (AvgIpc) is 2.85. The Morgan fingerprint density at radius 3 is 2.16 bits per heavy atom. The van der Waals surface area contributed by atoms with Crippen molar-refractivity contribution in [2.24, 2.45) is 0 Å². The van der Waals surface area contributed by atoms with Crippen LogP contribution in [0.2, 0.25) is 0 Å². The van der Waals surface area contributed by atoms with Crippen LogP contribution < -0.4 is 4.90 Å². The van der Waals surface area contributed by atoms with E-state index in [0.717, 1.165) is 32.1 Å². The van der Waals surface area contributed by atoms with E-state index in [1.807, 2.05) is 44.2 Å². The maximum Gasteiger partial charge on any atom is 0.370 e. The zero-order valence-corrected chi connectivity index (χ0v) is 16.4. The lowest BCUT2D eigenvalue weighted by atomic mass is 9.80. The Balaban J connectivity index is 0.00000109. The first-order chi connectivity index (χ1) is 11.9. The molecule has 1 saturated heterocycles. The van der Waals surface area contributed by atoms with Gasteiger partial charge in [-0.3, -0.25) is 8.98 Å². The summed E-state index contributed by atoms with van der Waals surface area (Å²) in [7, 11) is -3.18. The van der Waals surface area contributed by atoms with Gasteiger partial charge in [0.2, 0.25) is 0 Å². The number of thiocarbonyl (C=S) groups is 1. The van der Waals surface area contributed by atoms with Crippen molar-refractivity contribution in [1.29, 1.82) is 0 Å². The smallest absolute Gasteiger partial charge is 0.302 e. The molecule has 0 unspecified atom stereocenters. The van der Waals surface area contributed by atoms with Crippen LogP contribution in [0.4, 0.5) is 5.69 Å². The summed E-state index contributed by atoms with van der Waals surface area (Å²) in [6, 6.07) is 9.21. The summed E-state index contributed by atoms with van der Waals surface area (Å²) in [5.41, 5.74) is -0.205. The Hall–Kier alpha value is -1.51. The van der Waals surface area contributed by atoms with E-state index in [4.69, 9.17) is 12.2 Å². The molecular formula is C17H24N2O4S2. The second kappa shape index (κ2) is 7.80. The summed E-state index contributed by atoms with van der Waals surface area (Å²) in [5.74, 6) is -0.507. The number of hydrogen-bond acceptors (Lipinski definition) is 5. The molecule has 138 valence electrons. The predicted octanol–water partition coefficient (Wildman–Crippen LogP) is 3.24. The van der Waals surface area contributed by atoms with E-state index in [1.54, 1.807) is 4.90 Å². The Labute approximate surface area is 155 Å². The van der Waals surface area contributed by atoms with Gasteiger partial charge in [-0.2, -0.15) is 12.7 Å². The van der Waals surface area contributed by atoms with E-state index >= 15 is 0 Å². The number of amides is 1. The number of rotatable bonds is 3. The summed E-state index contributed by atoms with van der Waals surface area (Å²) in [5, 5.41) is -0.0371. The lowest BCUT2D eigenvalue weighted by molar-refractivity contribution is -0.128. The molecule has 1 aliphatic heterocycles. The van der Waals surface area contributed by atoms with Crippen molar-refractivity contribution in [3.63, 3.8) is 0 Å². The van der Waals surface area contributed by atoms with Crippen LogP contribution in [-0.4, -0.2) is 36.4 Å². The molecule has 0 N–H and O–H groups in total. The van der Waals surface area contributed by atoms with Crippen LogP contribution in [-0.2, 0) is 19.3 Å². The molecule has 1 spiro atoms. The quantitative estimate of drug-likeness (QED) is 0.746. The molecule has 1 aliphatic carbocycles. The molecule has 6 nitrogen and oxygen atoms in total. The van der Waals surface area contributed by atoms with Crippen molar-refractivity contribution >= 4 is 39.2 Å². The lowest BCUT2D eigenvalue weighted by Gasteiger charge is -2.38. The molecule has 1 saturated carbocycles. The number of nitrogens with zero attached hydrogens (tertiary/aromatic N) is 2. The van der Waals surface area contributed by atoms with Crippen LogP contribution in [0.5, 0.6) is 0 Å². The number of para-hydroxylation sites is 1. The van der Waals surface area contributed by atoms with E-state index in [2.05, 4.69) is 4.18 Å². The molecule has 25 heavy (non-hydrogen) atoms. The fourth-order valence-corrected chi connectivity index (χ4v) is 4.86. The van der Waals surface area contributed by atoms with Gasteiger partial charge in [0, 0.05) is 5.69 Å². The molecule has 2 fully saturated rings. The molecule has 0 atom stereocenters. The van der Waals surface area contributed by atoms with E-state index in [1.165, 1.54) is 0 Å². The van der Waals surface area contributed by atoms with Crippen molar-refractivity contribution in [2.45, 2.75) is 51.5 Å². The fourth-order valence-electron chi connectivity index (χ4n) is 3.43. The van der Waals surface area contributed by atoms with Crippen molar-refractivity contribution in [1.82, 2.24) is 4.31 Å². The van der Waals surface area contributed by atoms with Gasteiger partial charge in [0.05, 0.1) is 7.11 Å². The summed E-state index contributed by atoms with van der Waals surface area (Å²) in [6.45, 7) is 4.00. The molecule has 3 rings (SSSR count). The van der Waals surface area contributed by atoms with Crippen LogP contribution in [0.3, 0.4) is 0 Å². The van der Waals surface area contributed by atoms with Gasteiger partial charge in [0.1, 0.15) is 5.54 Å². The molecule has 0 bridgehead atoms. The van der Waals surface area contributed by atoms with E-state index in [-0.39, 0.29) is 5.11 Å². The molecule has 1 amide bonds. The van der Waals surface area contributed by atoms with Gasteiger partial charge in [-0.25, -0.2) is 0 Å². The maximum atomic E-state index is 13.0. The molecule has 0 radical (unpaired) electrons. The number of anilines is 1. The summed E-state index contributed by atoms with van der Waals surface area (Å²) in [4.78, 5) is 14.7. The highest BCUT2D eigenvalue weighted by molar-refractivity contribution is 7.88. The van der Waals surface area contributed by atoms with Gasteiger partial charge in [-0.1, -0.05) is 51.3 Å². The topological polar surface area (TPSA) is 66.9 Å². The summed E-state index contributed by atoms with van der Waals surface area (Å²) < 4.78 is 29.6. The van der Waals surface area contributed by atoms with Crippen LogP contribution in [0.25, 0.3) is 0 Å². The van der Waals surface area contributed by atoms with Gasteiger partial charge in [-0.15, -0.1) is 0 Å². The normalized spacial score (nSPS) is 19.8. The summed E-state index contributed by atoms with van der Waals surface area (Å²) >= 11 is 5.36. The average molecular weight is 385 g/mol. The first-order valence-corrected chi connectivity index (χ1v) is 10.3. The van der Waals surface area contributed by atoms with Gasteiger partial charge >= 0.3 is 10.3 Å². The fraction of sp³-hybridized carbons (Fsp3) is 0.529. The van der Waals surface area contributed by atoms with E-state index < -0.39 is 21.8 Å². The molecule has 1 aromatic rings.